The number of carbonyl (C=O) groups is 1. The Balaban J connectivity index is 1.44. The van der Waals surface area contributed by atoms with Crippen LogP contribution < -0.4 is 10.1 Å². The van der Waals surface area contributed by atoms with Gasteiger partial charge in [0.25, 0.3) is 0 Å². The van der Waals surface area contributed by atoms with E-state index in [1.807, 2.05) is 24.7 Å². The van der Waals surface area contributed by atoms with Crippen LogP contribution in [0.3, 0.4) is 0 Å². The van der Waals surface area contributed by atoms with Gasteiger partial charge in [-0.05, 0) is 38.3 Å². The predicted molar refractivity (Wildman–Crippen MR) is 148 cm³/mol. The third-order valence-corrected chi connectivity index (χ3v) is 6.54. The Morgan fingerprint density at radius 3 is 2.62 bits per heavy atom. The number of aryl methyl sites for hydroxylation is 2. The van der Waals surface area contributed by atoms with Gasteiger partial charge in [-0.15, -0.1) is 0 Å². The minimum Gasteiger partial charge on any atom is -0.480 e. The van der Waals surface area contributed by atoms with Gasteiger partial charge in [-0.1, -0.05) is 24.3 Å². The van der Waals surface area contributed by atoms with E-state index in [0.717, 1.165) is 41.2 Å². The average Bonchev–Trinajstić information content (AvgIpc) is 3.75. The third-order valence-electron chi connectivity index (χ3n) is 6.54. The molecule has 3 heterocycles. The molecule has 1 saturated carbocycles. The molecule has 0 amide bonds. The van der Waals surface area contributed by atoms with Gasteiger partial charge in [-0.25, -0.2) is 29.7 Å². The van der Waals surface area contributed by atoms with Gasteiger partial charge in [0.05, 0.1) is 25.1 Å². The summed E-state index contributed by atoms with van der Waals surface area (Å²) < 4.78 is 12.6. The van der Waals surface area contributed by atoms with E-state index in [-0.39, 0.29) is 0 Å². The lowest BCUT2D eigenvalue weighted by molar-refractivity contribution is -0.137. The van der Waals surface area contributed by atoms with Gasteiger partial charge >= 0.3 is 5.97 Å². The van der Waals surface area contributed by atoms with Crippen LogP contribution in [0, 0.1) is 6.92 Å². The second-order valence-electron chi connectivity index (χ2n) is 9.34. The van der Waals surface area contributed by atoms with E-state index in [9.17, 15) is 4.79 Å². The molecular formula is C29H31N7O3. The van der Waals surface area contributed by atoms with E-state index in [1.165, 1.54) is 12.4 Å². The Labute approximate surface area is 227 Å². The molecule has 1 fully saturated rings. The van der Waals surface area contributed by atoms with Crippen LogP contribution in [0.25, 0.3) is 28.7 Å². The lowest BCUT2D eigenvalue weighted by Gasteiger charge is -2.14. The molecular weight excluding hydrogens is 494 g/mol. The zero-order chi connectivity index (χ0) is 27.4. The van der Waals surface area contributed by atoms with E-state index in [2.05, 4.69) is 49.5 Å². The SMILES string of the molecule is CCOC(=O)/C=C/c1cnc(-c2c(OC)ncnc2C2CC2)nc1NCc1ccc(-c2cn(C)c(C)n2)cc1. The van der Waals surface area contributed by atoms with Crippen molar-refractivity contribution >= 4 is 17.9 Å². The molecule has 0 radical (unpaired) electrons. The first kappa shape index (κ1) is 26.0. The maximum atomic E-state index is 12.0. The fourth-order valence-corrected chi connectivity index (χ4v) is 4.21. The van der Waals surface area contributed by atoms with Crippen LogP contribution >= 0.6 is 0 Å². The summed E-state index contributed by atoms with van der Waals surface area (Å²) in [5.41, 5.74) is 5.28. The normalized spacial score (nSPS) is 13.0. The summed E-state index contributed by atoms with van der Waals surface area (Å²) in [6.45, 7) is 4.56. The summed E-state index contributed by atoms with van der Waals surface area (Å²) in [5, 5.41) is 3.41. The number of methoxy groups -OCH3 is 1. The third kappa shape index (κ3) is 5.95. The van der Waals surface area contributed by atoms with Crippen LogP contribution in [0.15, 0.2) is 49.1 Å². The van der Waals surface area contributed by atoms with Crippen molar-refractivity contribution in [3.63, 3.8) is 0 Å². The number of hydrogen-bond donors (Lipinski definition) is 1. The summed E-state index contributed by atoms with van der Waals surface area (Å²) in [5.74, 6) is 2.35. The van der Waals surface area contributed by atoms with Crippen molar-refractivity contribution in [3.8, 4) is 28.5 Å². The molecule has 1 aliphatic carbocycles. The maximum absolute atomic E-state index is 12.0. The highest BCUT2D eigenvalue weighted by atomic mass is 16.5. The highest BCUT2D eigenvalue weighted by Gasteiger charge is 2.31. The maximum Gasteiger partial charge on any atom is 0.330 e. The molecule has 0 saturated heterocycles. The molecule has 5 rings (SSSR count). The van der Waals surface area contributed by atoms with Gasteiger partial charge in [-0.3, -0.25) is 0 Å². The minimum absolute atomic E-state index is 0.301. The van der Waals surface area contributed by atoms with E-state index >= 15 is 0 Å². The Morgan fingerprint density at radius 1 is 1.15 bits per heavy atom. The van der Waals surface area contributed by atoms with Gasteiger partial charge in [0.15, 0.2) is 5.82 Å². The Bertz CT molecular complexity index is 1490. The van der Waals surface area contributed by atoms with Crippen LogP contribution in [0.4, 0.5) is 5.82 Å². The zero-order valence-electron chi connectivity index (χ0n) is 22.5. The number of hydrogen-bond acceptors (Lipinski definition) is 9. The molecule has 1 aromatic carbocycles. The number of ether oxygens (including phenoxy) is 2. The summed E-state index contributed by atoms with van der Waals surface area (Å²) in [6.07, 6.45) is 10.4. The minimum atomic E-state index is -0.429. The van der Waals surface area contributed by atoms with Crippen molar-refractivity contribution in [2.45, 2.75) is 39.2 Å². The number of aromatic nitrogens is 6. The van der Waals surface area contributed by atoms with E-state index in [0.29, 0.717) is 47.7 Å². The number of rotatable bonds is 10. The molecule has 0 atom stereocenters. The molecule has 39 heavy (non-hydrogen) atoms. The monoisotopic (exact) mass is 525 g/mol. The van der Waals surface area contributed by atoms with Crippen molar-refractivity contribution in [2.75, 3.05) is 19.0 Å². The van der Waals surface area contributed by atoms with Crippen molar-refractivity contribution in [2.24, 2.45) is 7.05 Å². The fraction of sp³-hybridized carbons (Fsp3) is 0.310. The molecule has 1 N–H and O–H groups in total. The lowest BCUT2D eigenvalue weighted by Crippen LogP contribution is -2.07. The number of anilines is 1. The molecule has 10 nitrogen and oxygen atoms in total. The summed E-state index contributed by atoms with van der Waals surface area (Å²) >= 11 is 0. The van der Waals surface area contributed by atoms with E-state index < -0.39 is 5.97 Å². The number of nitrogens with zero attached hydrogens (tertiary/aromatic N) is 6. The summed E-state index contributed by atoms with van der Waals surface area (Å²) in [7, 11) is 3.56. The Hall–Kier alpha value is -4.60. The smallest absolute Gasteiger partial charge is 0.330 e. The molecule has 200 valence electrons. The van der Waals surface area contributed by atoms with Gasteiger partial charge in [0, 0.05) is 49.1 Å². The second-order valence-corrected chi connectivity index (χ2v) is 9.34. The molecule has 0 spiro atoms. The Morgan fingerprint density at radius 2 is 1.95 bits per heavy atom. The van der Waals surface area contributed by atoms with Crippen LogP contribution in [0.1, 0.15) is 48.3 Å². The largest absolute Gasteiger partial charge is 0.480 e. The van der Waals surface area contributed by atoms with Gasteiger partial charge in [-0.2, -0.15) is 0 Å². The van der Waals surface area contributed by atoms with Crippen molar-refractivity contribution in [1.82, 2.24) is 29.5 Å². The Kier molecular flexibility index (Phi) is 7.62. The topological polar surface area (TPSA) is 117 Å². The second kappa shape index (κ2) is 11.4. The van der Waals surface area contributed by atoms with Crippen LogP contribution in [0.2, 0.25) is 0 Å². The fourth-order valence-electron chi connectivity index (χ4n) is 4.21. The summed E-state index contributed by atoms with van der Waals surface area (Å²) in [6, 6.07) is 8.23. The number of carbonyl (C=O) groups excluding carboxylic acids is 1. The van der Waals surface area contributed by atoms with Gasteiger partial charge in [0.1, 0.15) is 23.5 Å². The van der Waals surface area contributed by atoms with Crippen LogP contribution in [-0.2, 0) is 23.1 Å². The van der Waals surface area contributed by atoms with Gasteiger partial charge in [0.2, 0.25) is 5.88 Å². The van der Waals surface area contributed by atoms with Gasteiger partial charge < -0.3 is 19.4 Å². The van der Waals surface area contributed by atoms with Crippen LogP contribution in [-0.4, -0.2) is 49.2 Å². The van der Waals surface area contributed by atoms with Crippen molar-refractivity contribution in [1.29, 1.82) is 0 Å². The predicted octanol–water partition coefficient (Wildman–Crippen LogP) is 4.72. The van der Waals surface area contributed by atoms with E-state index in [4.69, 9.17) is 14.5 Å². The average molecular weight is 526 g/mol. The number of esters is 1. The summed E-state index contributed by atoms with van der Waals surface area (Å²) in [4.78, 5) is 34.8. The van der Waals surface area contributed by atoms with Crippen molar-refractivity contribution < 1.29 is 14.3 Å². The first-order chi connectivity index (χ1) is 19.0. The molecule has 0 aliphatic heterocycles. The highest BCUT2D eigenvalue weighted by molar-refractivity contribution is 5.88. The molecule has 0 bridgehead atoms. The molecule has 4 aromatic rings. The van der Waals surface area contributed by atoms with Crippen molar-refractivity contribution in [3.05, 3.63) is 71.7 Å². The standard InChI is InChI=1S/C29H31N7O3/c1-5-39-24(37)13-12-22-15-31-28(25-26(21-10-11-21)32-17-33-29(25)38-4)35-27(22)30-14-19-6-8-20(9-7-19)23-16-36(3)18(2)34-23/h6-9,12-13,15-17,21H,5,10-11,14H2,1-4H3,(H,30,31,35)/b13-12+. The zero-order valence-corrected chi connectivity index (χ0v) is 22.5. The number of benzene rings is 1. The molecule has 3 aromatic heterocycles. The highest BCUT2D eigenvalue weighted by Crippen LogP contribution is 2.45. The first-order valence-corrected chi connectivity index (χ1v) is 12.9. The number of imidazole rings is 1. The van der Waals surface area contributed by atoms with E-state index in [1.54, 1.807) is 26.3 Å². The quantitative estimate of drug-likeness (QED) is 0.232. The van der Waals surface area contributed by atoms with Crippen LogP contribution in [0.5, 0.6) is 5.88 Å². The molecule has 10 heteroatoms. The number of nitrogens with one attached hydrogen (secondary N) is 1. The lowest BCUT2D eigenvalue weighted by atomic mass is 10.1. The molecule has 1 aliphatic rings. The molecule has 0 unspecified atom stereocenters. The first-order valence-electron chi connectivity index (χ1n) is 12.9.